The van der Waals surface area contributed by atoms with Crippen LogP contribution in [0.15, 0.2) is 24.3 Å². The molecule has 0 heterocycles. The second kappa shape index (κ2) is 5.32. The zero-order valence-corrected chi connectivity index (χ0v) is 10.6. The normalized spacial score (nSPS) is 14.1. The fourth-order valence-electron chi connectivity index (χ4n) is 1.83. The van der Waals surface area contributed by atoms with Gasteiger partial charge >= 0.3 is 5.97 Å². The van der Waals surface area contributed by atoms with E-state index in [0.717, 1.165) is 5.56 Å². The average molecular weight is 255 g/mol. The van der Waals surface area contributed by atoms with Crippen molar-refractivity contribution in [2.24, 2.45) is 5.41 Å². The molecular weight excluding hydrogens is 240 g/mol. The van der Waals surface area contributed by atoms with Crippen molar-refractivity contribution >= 4 is 23.4 Å². The summed E-state index contributed by atoms with van der Waals surface area (Å²) in [6.07, 6.45) is 0.478. The molecule has 0 aliphatic carbocycles. The van der Waals surface area contributed by atoms with E-state index in [1.54, 1.807) is 31.2 Å². The molecule has 4 heteroatoms. The topological polar surface area (TPSA) is 54.4 Å². The lowest BCUT2D eigenvalue weighted by molar-refractivity contribution is -0.154. The van der Waals surface area contributed by atoms with E-state index in [4.69, 9.17) is 11.6 Å². The number of aliphatic carboxylic acids is 1. The zero-order valence-electron chi connectivity index (χ0n) is 9.87. The van der Waals surface area contributed by atoms with E-state index in [-0.39, 0.29) is 18.6 Å². The number of ketones is 1. The number of Topliss-reactive ketones (excluding diaryl/α,β-unsaturated/α-hetero) is 1. The quantitative estimate of drug-likeness (QED) is 0.822. The molecule has 17 heavy (non-hydrogen) atoms. The molecule has 0 bridgehead atoms. The molecule has 1 unspecified atom stereocenters. The van der Waals surface area contributed by atoms with E-state index in [1.165, 1.54) is 6.92 Å². The maximum atomic E-state index is 11.6. The molecule has 1 N–H and O–H groups in total. The molecule has 0 spiro atoms. The Hall–Kier alpha value is -1.35. The Labute approximate surface area is 105 Å². The van der Waals surface area contributed by atoms with Gasteiger partial charge in [-0.1, -0.05) is 30.7 Å². The largest absolute Gasteiger partial charge is 0.480 e. The minimum Gasteiger partial charge on any atom is -0.480 e. The number of carbonyl (C=O) groups is 2. The monoisotopic (exact) mass is 254 g/mol. The molecule has 1 aromatic rings. The van der Waals surface area contributed by atoms with Crippen LogP contribution in [0.4, 0.5) is 0 Å². The van der Waals surface area contributed by atoms with E-state index in [2.05, 4.69) is 0 Å². The Kier molecular flexibility index (Phi) is 4.29. The third-order valence-electron chi connectivity index (χ3n) is 3.11. The van der Waals surface area contributed by atoms with Gasteiger partial charge in [0, 0.05) is 5.02 Å². The molecule has 3 nitrogen and oxygen atoms in total. The summed E-state index contributed by atoms with van der Waals surface area (Å²) in [7, 11) is 0. The minimum atomic E-state index is -1.33. The lowest BCUT2D eigenvalue weighted by Gasteiger charge is -2.25. The van der Waals surface area contributed by atoms with Gasteiger partial charge in [0.05, 0.1) is 0 Å². The predicted octanol–water partition coefficient (Wildman–Crippen LogP) is 2.95. The Balaban J connectivity index is 3.06. The maximum Gasteiger partial charge on any atom is 0.317 e. The first-order valence-corrected chi connectivity index (χ1v) is 5.79. The molecule has 1 rings (SSSR count). The Morgan fingerprint density at radius 1 is 1.29 bits per heavy atom. The average Bonchev–Trinajstić information content (AvgIpc) is 2.27. The Morgan fingerprint density at radius 3 is 2.18 bits per heavy atom. The standard InChI is InChI=1S/C13H15ClO3/c1-3-13(9(2)15,12(16)17)8-10-4-6-11(14)7-5-10/h4-7H,3,8H2,1-2H3,(H,16,17). The van der Waals surface area contributed by atoms with Crippen LogP contribution in [0.25, 0.3) is 0 Å². The summed E-state index contributed by atoms with van der Waals surface area (Å²) in [6.45, 7) is 3.04. The van der Waals surface area contributed by atoms with Crippen LogP contribution in [0.3, 0.4) is 0 Å². The molecular formula is C13H15ClO3. The highest BCUT2D eigenvalue weighted by atomic mass is 35.5. The number of hydrogen-bond donors (Lipinski definition) is 1. The lowest BCUT2D eigenvalue weighted by atomic mass is 9.76. The molecule has 92 valence electrons. The summed E-state index contributed by atoms with van der Waals surface area (Å²) in [4.78, 5) is 22.9. The van der Waals surface area contributed by atoms with Gasteiger partial charge < -0.3 is 5.11 Å². The van der Waals surface area contributed by atoms with Crippen LogP contribution < -0.4 is 0 Å². The summed E-state index contributed by atoms with van der Waals surface area (Å²) in [5.41, 5.74) is -0.526. The van der Waals surface area contributed by atoms with Gasteiger partial charge in [0.15, 0.2) is 0 Å². The van der Waals surface area contributed by atoms with Crippen molar-refractivity contribution in [2.75, 3.05) is 0 Å². The third-order valence-corrected chi connectivity index (χ3v) is 3.36. The number of carboxylic acid groups (broad SMARTS) is 1. The zero-order chi connectivity index (χ0) is 13.1. The van der Waals surface area contributed by atoms with E-state index in [1.807, 2.05) is 0 Å². The number of hydrogen-bond acceptors (Lipinski definition) is 2. The second-order valence-electron chi connectivity index (χ2n) is 4.10. The van der Waals surface area contributed by atoms with E-state index in [0.29, 0.717) is 5.02 Å². The summed E-state index contributed by atoms with van der Waals surface area (Å²) < 4.78 is 0. The molecule has 0 fully saturated rings. The number of carboxylic acids is 1. The van der Waals surface area contributed by atoms with Gasteiger partial charge in [0.25, 0.3) is 0 Å². The van der Waals surface area contributed by atoms with Gasteiger partial charge in [0.2, 0.25) is 0 Å². The molecule has 1 atom stereocenters. The first kappa shape index (κ1) is 13.7. The molecule has 0 aliphatic heterocycles. The molecule has 0 aliphatic rings. The fourth-order valence-corrected chi connectivity index (χ4v) is 1.95. The van der Waals surface area contributed by atoms with Crippen molar-refractivity contribution < 1.29 is 14.7 Å². The van der Waals surface area contributed by atoms with Crippen LogP contribution in [0.2, 0.25) is 5.02 Å². The summed E-state index contributed by atoms with van der Waals surface area (Å²) >= 11 is 5.76. The Bertz CT molecular complexity index is 409. The molecule has 0 saturated heterocycles. The Morgan fingerprint density at radius 2 is 1.82 bits per heavy atom. The van der Waals surface area contributed by atoms with E-state index in [9.17, 15) is 14.7 Å². The highest BCUT2D eigenvalue weighted by Crippen LogP contribution is 2.29. The first-order chi connectivity index (χ1) is 7.92. The summed E-state index contributed by atoms with van der Waals surface area (Å²) in [5.74, 6) is -1.38. The molecule has 1 aromatic carbocycles. The van der Waals surface area contributed by atoms with Crippen LogP contribution in [0.1, 0.15) is 25.8 Å². The number of rotatable bonds is 5. The summed E-state index contributed by atoms with van der Waals surface area (Å²) in [5, 5.41) is 9.85. The van der Waals surface area contributed by atoms with Crippen molar-refractivity contribution in [2.45, 2.75) is 26.7 Å². The van der Waals surface area contributed by atoms with Gasteiger partial charge in [-0.15, -0.1) is 0 Å². The number of carbonyl (C=O) groups excluding carboxylic acids is 1. The van der Waals surface area contributed by atoms with Gasteiger partial charge in [-0.3, -0.25) is 9.59 Å². The van der Waals surface area contributed by atoms with Gasteiger partial charge in [-0.05, 0) is 37.5 Å². The number of halogens is 1. The van der Waals surface area contributed by atoms with Crippen LogP contribution in [0.5, 0.6) is 0 Å². The van der Waals surface area contributed by atoms with Crippen LogP contribution in [-0.2, 0) is 16.0 Å². The van der Waals surface area contributed by atoms with E-state index >= 15 is 0 Å². The summed E-state index contributed by atoms with van der Waals surface area (Å²) in [6, 6.07) is 6.88. The van der Waals surface area contributed by atoms with Gasteiger partial charge in [0.1, 0.15) is 11.2 Å². The van der Waals surface area contributed by atoms with Crippen LogP contribution >= 0.6 is 11.6 Å². The van der Waals surface area contributed by atoms with Gasteiger partial charge in [-0.25, -0.2) is 0 Å². The predicted molar refractivity (Wildman–Crippen MR) is 66.2 cm³/mol. The lowest BCUT2D eigenvalue weighted by Crippen LogP contribution is -2.39. The molecule has 0 aromatic heterocycles. The molecule has 0 radical (unpaired) electrons. The maximum absolute atomic E-state index is 11.6. The highest BCUT2D eigenvalue weighted by molar-refractivity contribution is 6.30. The minimum absolute atomic E-state index is 0.200. The van der Waals surface area contributed by atoms with Crippen molar-refractivity contribution in [1.29, 1.82) is 0 Å². The smallest absolute Gasteiger partial charge is 0.317 e. The van der Waals surface area contributed by atoms with Crippen LogP contribution in [-0.4, -0.2) is 16.9 Å². The molecule has 0 saturated carbocycles. The van der Waals surface area contributed by atoms with Gasteiger partial charge in [-0.2, -0.15) is 0 Å². The van der Waals surface area contributed by atoms with E-state index < -0.39 is 11.4 Å². The van der Waals surface area contributed by atoms with Crippen molar-refractivity contribution in [3.63, 3.8) is 0 Å². The van der Waals surface area contributed by atoms with Crippen molar-refractivity contribution in [3.8, 4) is 0 Å². The second-order valence-corrected chi connectivity index (χ2v) is 4.54. The van der Waals surface area contributed by atoms with Crippen LogP contribution in [0, 0.1) is 5.41 Å². The molecule has 0 amide bonds. The third kappa shape index (κ3) is 2.86. The first-order valence-electron chi connectivity index (χ1n) is 5.41. The van der Waals surface area contributed by atoms with Crippen molar-refractivity contribution in [3.05, 3.63) is 34.9 Å². The SMILES string of the molecule is CCC(Cc1ccc(Cl)cc1)(C(C)=O)C(=O)O. The fraction of sp³-hybridized carbons (Fsp3) is 0.385. The van der Waals surface area contributed by atoms with Crippen molar-refractivity contribution in [1.82, 2.24) is 0 Å². The number of benzene rings is 1. The highest BCUT2D eigenvalue weighted by Gasteiger charge is 2.41.